The lowest BCUT2D eigenvalue weighted by molar-refractivity contribution is -0.136. The molecule has 0 heterocycles. The van der Waals surface area contributed by atoms with E-state index < -0.39 is 5.97 Å². The lowest BCUT2D eigenvalue weighted by Gasteiger charge is -2.17. The van der Waals surface area contributed by atoms with Crippen LogP contribution in [0, 0.1) is 0 Å². The van der Waals surface area contributed by atoms with Crippen LogP contribution in [0.4, 0.5) is 5.69 Å². The van der Waals surface area contributed by atoms with Gasteiger partial charge in [-0.2, -0.15) is 0 Å². The number of aliphatic carboxylic acids is 1. The summed E-state index contributed by atoms with van der Waals surface area (Å²) in [5.74, 6) is -0.304. The predicted molar refractivity (Wildman–Crippen MR) is 113 cm³/mol. The number of methoxy groups -OCH3 is 1. The largest absolute Gasteiger partial charge is 0.506 e. The highest BCUT2D eigenvalue weighted by Crippen LogP contribution is 2.45. The van der Waals surface area contributed by atoms with Crippen LogP contribution in [0.1, 0.15) is 12.0 Å². The zero-order chi connectivity index (χ0) is 20.5. The zero-order valence-corrected chi connectivity index (χ0v) is 17.5. The number of nitrogens with zero attached hydrogens (tertiary/aromatic N) is 1. The Labute approximate surface area is 174 Å². The summed E-state index contributed by atoms with van der Waals surface area (Å²) in [6, 6.07) is 11.7. The Hall–Kier alpha value is -2.09. The number of hydrogen-bond donors (Lipinski definition) is 3. The molecule has 0 spiro atoms. The molecule has 0 amide bonds. The molecule has 6 nitrogen and oxygen atoms in total. The summed E-state index contributed by atoms with van der Waals surface area (Å²) in [6.45, 7) is 1.52. The molecule has 0 saturated carbocycles. The van der Waals surface area contributed by atoms with Crippen molar-refractivity contribution in [2.75, 3.05) is 38.6 Å². The second-order valence-electron chi connectivity index (χ2n) is 6.22. The summed E-state index contributed by atoms with van der Waals surface area (Å²) in [6.07, 6.45) is 0.208. The molecule has 0 aliphatic heterocycles. The Bertz CT molecular complexity index is 804. The van der Waals surface area contributed by atoms with Crippen LogP contribution in [-0.2, 0) is 11.2 Å². The van der Waals surface area contributed by atoms with Crippen molar-refractivity contribution in [2.24, 2.45) is 0 Å². The summed E-state index contributed by atoms with van der Waals surface area (Å²) in [4.78, 5) is 14.4. The van der Waals surface area contributed by atoms with Gasteiger partial charge in [0.15, 0.2) is 0 Å². The van der Waals surface area contributed by atoms with Crippen LogP contribution in [0.5, 0.6) is 11.5 Å². The van der Waals surface area contributed by atoms with Gasteiger partial charge in [-0.05, 0) is 37.2 Å². The number of aryl methyl sites for hydroxylation is 1. The maximum absolute atomic E-state index is 10.9. The third kappa shape index (κ3) is 6.22. The predicted octanol–water partition coefficient (Wildman–Crippen LogP) is 4.11. The number of carboxylic acid groups (broad SMARTS) is 1. The fourth-order valence-electron chi connectivity index (χ4n) is 2.55. The number of anilines is 1. The molecule has 0 aliphatic rings. The van der Waals surface area contributed by atoms with Crippen molar-refractivity contribution < 1.29 is 19.7 Å². The normalized spacial score (nSPS) is 10.9. The lowest BCUT2D eigenvalue weighted by atomic mass is 10.1. The molecule has 28 heavy (non-hydrogen) atoms. The average molecular weight is 425 g/mol. The molecule has 152 valence electrons. The van der Waals surface area contributed by atoms with Gasteiger partial charge in [0.05, 0.1) is 18.0 Å². The number of hydrogen-bond acceptors (Lipinski definition) is 6. The third-order valence-electron chi connectivity index (χ3n) is 4.12. The Morgan fingerprint density at radius 2 is 2.04 bits per heavy atom. The minimum absolute atomic E-state index is 0.0454. The smallest absolute Gasteiger partial charge is 0.303 e. The van der Waals surface area contributed by atoms with Gasteiger partial charge in [0, 0.05) is 30.1 Å². The summed E-state index contributed by atoms with van der Waals surface area (Å²) in [5, 5.41) is 23.0. The van der Waals surface area contributed by atoms with E-state index in [-0.39, 0.29) is 18.6 Å². The minimum Gasteiger partial charge on any atom is -0.506 e. The fraction of sp³-hybridized carbons (Fsp3) is 0.350. The highest BCUT2D eigenvalue weighted by atomic mass is 35.5. The third-order valence-corrected chi connectivity index (χ3v) is 5.70. The Morgan fingerprint density at radius 3 is 2.71 bits per heavy atom. The molecule has 3 N–H and O–H groups in total. The van der Waals surface area contributed by atoms with E-state index in [0.717, 1.165) is 23.7 Å². The molecule has 0 unspecified atom stereocenters. The van der Waals surface area contributed by atoms with Crippen LogP contribution in [0.25, 0.3) is 0 Å². The number of likely N-dealkylation sites (N-methyl/N-ethyl adjacent to an activating group) is 1. The van der Waals surface area contributed by atoms with E-state index in [2.05, 4.69) is 5.32 Å². The van der Waals surface area contributed by atoms with Crippen molar-refractivity contribution in [3.8, 4) is 11.5 Å². The van der Waals surface area contributed by atoms with Gasteiger partial charge in [0.1, 0.15) is 11.5 Å². The molecule has 8 heteroatoms. The van der Waals surface area contributed by atoms with Crippen molar-refractivity contribution in [3.05, 3.63) is 42.0 Å². The first-order valence-electron chi connectivity index (χ1n) is 8.82. The van der Waals surface area contributed by atoms with E-state index in [0.29, 0.717) is 22.2 Å². The number of halogens is 1. The molecule has 0 atom stereocenters. The number of benzene rings is 2. The van der Waals surface area contributed by atoms with Crippen molar-refractivity contribution in [3.63, 3.8) is 0 Å². The first-order valence-corrected chi connectivity index (χ1v) is 10.2. The topological polar surface area (TPSA) is 82.0 Å². The van der Waals surface area contributed by atoms with Crippen LogP contribution < -0.4 is 10.1 Å². The number of aromatic hydroxyl groups is 1. The van der Waals surface area contributed by atoms with Gasteiger partial charge in [-0.15, -0.1) is 11.6 Å². The summed E-state index contributed by atoms with van der Waals surface area (Å²) in [7, 11) is 3.49. The van der Waals surface area contributed by atoms with E-state index in [1.54, 1.807) is 19.2 Å². The number of para-hydroxylation sites is 1. The fourth-order valence-corrected chi connectivity index (χ4v) is 3.76. The molecule has 0 saturated heterocycles. The van der Waals surface area contributed by atoms with Gasteiger partial charge in [-0.3, -0.25) is 9.69 Å². The van der Waals surface area contributed by atoms with Gasteiger partial charge in [0.2, 0.25) is 0 Å². The van der Waals surface area contributed by atoms with E-state index in [9.17, 15) is 9.90 Å². The molecule has 0 aromatic heterocycles. The van der Waals surface area contributed by atoms with Gasteiger partial charge >= 0.3 is 5.97 Å². The average Bonchev–Trinajstić information content (AvgIpc) is 2.69. The number of ether oxygens (including phenoxy) is 1. The molecule has 2 rings (SSSR count). The minimum atomic E-state index is -0.902. The number of carboxylic acids is 1. The summed E-state index contributed by atoms with van der Waals surface area (Å²) >= 11 is 7.18. The van der Waals surface area contributed by atoms with Crippen LogP contribution >= 0.6 is 23.4 Å². The van der Waals surface area contributed by atoms with E-state index in [4.69, 9.17) is 21.4 Å². The van der Waals surface area contributed by atoms with Gasteiger partial charge in [0.25, 0.3) is 0 Å². The molecule has 0 radical (unpaired) electrons. The molecule has 0 aliphatic carbocycles. The highest BCUT2D eigenvalue weighted by Gasteiger charge is 2.17. The monoisotopic (exact) mass is 424 g/mol. The Kier molecular flexibility index (Phi) is 8.76. The Balaban J connectivity index is 2.24. The summed E-state index contributed by atoms with van der Waals surface area (Å²) in [5.41, 5.74) is 1.52. The van der Waals surface area contributed by atoms with Crippen molar-refractivity contribution in [2.45, 2.75) is 22.6 Å². The van der Waals surface area contributed by atoms with Crippen LogP contribution in [0.3, 0.4) is 0 Å². The van der Waals surface area contributed by atoms with Gasteiger partial charge < -0.3 is 20.3 Å². The SMILES string of the molecule is COc1ccc(CCC(=O)O)c(O)c1Sc1ccccc1NCCN(C)CCl. The maximum Gasteiger partial charge on any atom is 0.303 e. The van der Waals surface area contributed by atoms with Crippen molar-refractivity contribution in [1.82, 2.24) is 4.90 Å². The first-order chi connectivity index (χ1) is 13.5. The molecule has 0 bridgehead atoms. The highest BCUT2D eigenvalue weighted by molar-refractivity contribution is 7.99. The Morgan fingerprint density at radius 1 is 1.29 bits per heavy atom. The summed E-state index contributed by atoms with van der Waals surface area (Å²) < 4.78 is 5.41. The maximum atomic E-state index is 10.9. The van der Waals surface area contributed by atoms with Crippen LogP contribution in [0.15, 0.2) is 46.2 Å². The van der Waals surface area contributed by atoms with E-state index in [1.165, 1.54) is 11.8 Å². The molecule has 2 aromatic carbocycles. The number of phenols is 1. The number of phenolic OH excluding ortho intramolecular Hbond substituents is 1. The lowest BCUT2D eigenvalue weighted by Crippen LogP contribution is -2.23. The van der Waals surface area contributed by atoms with Crippen molar-refractivity contribution >= 4 is 35.0 Å². The van der Waals surface area contributed by atoms with Crippen LogP contribution in [-0.4, -0.2) is 54.3 Å². The van der Waals surface area contributed by atoms with E-state index in [1.807, 2.05) is 36.2 Å². The van der Waals surface area contributed by atoms with Crippen LogP contribution in [0.2, 0.25) is 0 Å². The zero-order valence-electron chi connectivity index (χ0n) is 15.9. The molecule has 0 fully saturated rings. The number of alkyl halides is 1. The second-order valence-corrected chi connectivity index (χ2v) is 7.51. The van der Waals surface area contributed by atoms with E-state index >= 15 is 0 Å². The second kappa shape index (κ2) is 11.0. The standard InChI is InChI=1S/C20H25ClN2O4S/c1-23(13-21)12-11-22-15-5-3-4-6-17(15)28-20-16(27-2)9-7-14(19(20)26)8-10-18(24)25/h3-7,9,22,26H,8,10-13H2,1-2H3,(H,24,25). The first kappa shape index (κ1) is 22.2. The number of nitrogens with one attached hydrogen (secondary N) is 1. The number of rotatable bonds is 11. The van der Waals surface area contributed by atoms with Gasteiger partial charge in [-0.1, -0.05) is 30.0 Å². The number of carbonyl (C=O) groups is 1. The molecular formula is C20H25ClN2O4S. The quantitative estimate of drug-likeness (QED) is 0.370. The molecule has 2 aromatic rings. The molecular weight excluding hydrogens is 400 g/mol. The van der Waals surface area contributed by atoms with Gasteiger partial charge in [-0.25, -0.2) is 0 Å². The van der Waals surface area contributed by atoms with Crippen molar-refractivity contribution in [1.29, 1.82) is 0 Å².